The van der Waals surface area contributed by atoms with E-state index in [1.165, 1.54) is 0 Å². The molecule has 1 aromatic carbocycles. The number of hydrogen-bond donors (Lipinski definition) is 3. The second kappa shape index (κ2) is 6.49. The van der Waals surface area contributed by atoms with E-state index in [1.807, 2.05) is 29.6 Å². The molecule has 0 saturated carbocycles. The van der Waals surface area contributed by atoms with Crippen molar-refractivity contribution < 1.29 is 14.3 Å². The molecule has 0 heterocycles. The monoisotopic (exact) mass is 237 g/mol. The minimum Gasteiger partial charge on any atom is -0.497 e. The molecule has 0 spiro atoms. The Morgan fingerprint density at radius 1 is 1.29 bits per heavy atom. The second-order valence-electron chi connectivity index (χ2n) is 3.36. The first-order valence-corrected chi connectivity index (χ1v) is 5.04. The topological polar surface area (TPSA) is 93.4 Å². The zero-order valence-electron chi connectivity index (χ0n) is 9.53. The van der Waals surface area contributed by atoms with Crippen LogP contribution in [0.5, 0.6) is 5.75 Å². The largest absolute Gasteiger partial charge is 0.497 e. The number of amides is 3. The van der Waals surface area contributed by atoms with Crippen molar-refractivity contribution in [2.75, 3.05) is 13.7 Å². The van der Waals surface area contributed by atoms with Crippen molar-refractivity contribution in [3.63, 3.8) is 0 Å². The third kappa shape index (κ3) is 4.98. The van der Waals surface area contributed by atoms with Crippen molar-refractivity contribution in [1.29, 1.82) is 0 Å². The third-order valence-corrected chi connectivity index (χ3v) is 2.04. The van der Waals surface area contributed by atoms with Gasteiger partial charge in [0, 0.05) is 6.54 Å². The fourth-order valence-electron chi connectivity index (χ4n) is 1.25. The molecule has 0 radical (unpaired) electrons. The number of ether oxygens (including phenoxy) is 1. The highest BCUT2D eigenvalue weighted by atomic mass is 16.5. The fraction of sp³-hybridized carbons (Fsp3) is 0.273. The zero-order chi connectivity index (χ0) is 12.7. The van der Waals surface area contributed by atoms with E-state index in [1.54, 1.807) is 7.11 Å². The van der Waals surface area contributed by atoms with E-state index < -0.39 is 11.9 Å². The van der Waals surface area contributed by atoms with Gasteiger partial charge in [-0.1, -0.05) is 12.1 Å². The lowest BCUT2D eigenvalue weighted by atomic mass is 10.2. The molecular formula is C11H15N3O3. The lowest BCUT2D eigenvalue weighted by Gasteiger charge is -2.05. The Morgan fingerprint density at radius 3 is 2.47 bits per heavy atom. The van der Waals surface area contributed by atoms with Gasteiger partial charge in [0.1, 0.15) is 5.75 Å². The second-order valence-corrected chi connectivity index (χ2v) is 3.36. The number of rotatable bonds is 5. The van der Waals surface area contributed by atoms with Gasteiger partial charge in [-0.05, 0) is 17.7 Å². The summed E-state index contributed by atoms with van der Waals surface area (Å²) in [5, 5.41) is 4.85. The molecule has 0 saturated heterocycles. The summed E-state index contributed by atoms with van der Waals surface area (Å²) in [5.41, 5.74) is 5.81. The smallest absolute Gasteiger partial charge is 0.318 e. The molecule has 4 N–H and O–H groups in total. The van der Waals surface area contributed by atoms with E-state index in [9.17, 15) is 9.59 Å². The Labute approximate surface area is 99.1 Å². The van der Waals surface area contributed by atoms with Crippen molar-refractivity contribution in [1.82, 2.24) is 10.6 Å². The molecule has 0 bridgehead atoms. The highest BCUT2D eigenvalue weighted by Crippen LogP contribution is 2.10. The first-order chi connectivity index (χ1) is 8.11. The van der Waals surface area contributed by atoms with Gasteiger partial charge in [0.25, 0.3) is 0 Å². The van der Waals surface area contributed by atoms with Gasteiger partial charge in [-0.15, -0.1) is 0 Å². The molecule has 1 rings (SSSR count). The van der Waals surface area contributed by atoms with Gasteiger partial charge in [-0.3, -0.25) is 10.1 Å². The molecular weight excluding hydrogens is 222 g/mol. The van der Waals surface area contributed by atoms with Gasteiger partial charge in [-0.2, -0.15) is 0 Å². The summed E-state index contributed by atoms with van der Waals surface area (Å²) in [6.45, 7) is 0.561. The number of methoxy groups -OCH3 is 1. The first-order valence-electron chi connectivity index (χ1n) is 5.04. The summed E-state index contributed by atoms with van der Waals surface area (Å²) in [6, 6.07) is 6.60. The summed E-state index contributed by atoms with van der Waals surface area (Å²) in [7, 11) is 1.60. The van der Waals surface area contributed by atoms with Gasteiger partial charge in [0.05, 0.1) is 13.7 Å². The molecule has 1 aromatic rings. The van der Waals surface area contributed by atoms with Crippen LogP contribution in [-0.2, 0) is 11.3 Å². The van der Waals surface area contributed by atoms with Crippen molar-refractivity contribution in [3.8, 4) is 5.75 Å². The maximum Gasteiger partial charge on any atom is 0.318 e. The third-order valence-electron chi connectivity index (χ3n) is 2.04. The molecule has 0 aliphatic heterocycles. The predicted octanol–water partition coefficient (Wildman–Crippen LogP) is -0.0203. The van der Waals surface area contributed by atoms with E-state index in [2.05, 4.69) is 5.32 Å². The van der Waals surface area contributed by atoms with Crippen LogP contribution in [0, 0.1) is 0 Å². The van der Waals surface area contributed by atoms with Gasteiger partial charge < -0.3 is 15.8 Å². The van der Waals surface area contributed by atoms with Gasteiger partial charge >= 0.3 is 6.03 Å². The summed E-state index contributed by atoms with van der Waals surface area (Å²) in [6.07, 6.45) is 0. The SMILES string of the molecule is COc1ccc(CNCC(=O)NC(N)=O)cc1. The molecule has 6 heteroatoms. The maximum absolute atomic E-state index is 11.0. The molecule has 0 aromatic heterocycles. The molecule has 0 atom stereocenters. The van der Waals surface area contributed by atoms with Crippen molar-refractivity contribution in [2.24, 2.45) is 5.73 Å². The fourth-order valence-corrected chi connectivity index (χ4v) is 1.25. The minimum absolute atomic E-state index is 0.0367. The Kier molecular flexibility index (Phi) is 4.96. The van der Waals surface area contributed by atoms with Crippen LogP contribution >= 0.6 is 0 Å². The Morgan fingerprint density at radius 2 is 1.94 bits per heavy atom. The number of nitrogens with two attached hydrogens (primary N) is 1. The molecule has 17 heavy (non-hydrogen) atoms. The Balaban J connectivity index is 2.30. The van der Waals surface area contributed by atoms with Gasteiger partial charge in [0.15, 0.2) is 0 Å². The number of urea groups is 1. The number of hydrogen-bond acceptors (Lipinski definition) is 4. The van der Waals surface area contributed by atoms with Crippen LogP contribution in [0.1, 0.15) is 5.56 Å². The lowest BCUT2D eigenvalue weighted by Crippen LogP contribution is -2.40. The molecule has 0 fully saturated rings. The number of carbonyl (C=O) groups excluding carboxylic acids is 2. The molecule has 3 amide bonds. The summed E-state index contributed by atoms with van der Waals surface area (Å²) in [5.74, 6) is 0.325. The van der Waals surface area contributed by atoms with E-state index in [-0.39, 0.29) is 6.54 Å². The van der Waals surface area contributed by atoms with Crippen LogP contribution in [0.25, 0.3) is 0 Å². The summed E-state index contributed by atoms with van der Waals surface area (Å²) >= 11 is 0. The van der Waals surface area contributed by atoms with Gasteiger partial charge in [0.2, 0.25) is 5.91 Å². The van der Waals surface area contributed by atoms with E-state index >= 15 is 0 Å². The highest BCUT2D eigenvalue weighted by molar-refractivity contribution is 5.94. The van der Waals surface area contributed by atoms with Crippen molar-refractivity contribution in [3.05, 3.63) is 29.8 Å². The van der Waals surface area contributed by atoms with E-state index in [4.69, 9.17) is 10.5 Å². The van der Waals surface area contributed by atoms with Crippen molar-refractivity contribution in [2.45, 2.75) is 6.54 Å². The van der Waals surface area contributed by atoms with Crippen LogP contribution in [0.3, 0.4) is 0 Å². The molecule has 0 aliphatic carbocycles. The van der Waals surface area contributed by atoms with Crippen LogP contribution in [0.2, 0.25) is 0 Å². The first kappa shape index (κ1) is 13.0. The number of primary amides is 1. The van der Waals surface area contributed by atoms with Crippen LogP contribution < -0.4 is 21.1 Å². The summed E-state index contributed by atoms with van der Waals surface area (Å²) < 4.78 is 5.02. The lowest BCUT2D eigenvalue weighted by molar-refractivity contribution is -0.119. The number of nitrogens with one attached hydrogen (secondary N) is 2. The molecule has 0 aliphatic rings. The van der Waals surface area contributed by atoms with E-state index in [0.717, 1.165) is 11.3 Å². The average molecular weight is 237 g/mol. The quantitative estimate of drug-likeness (QED) is 0.671. The number of imide groups is 1. The Hall–Kier alpha value is -2.08. The summed E-state index contributed by atoms with van der Waals surface area (Å²) in [4.78, 5) is 21.4. The molecule has 0 unspecified atom stereocenters. The minimum atomic E-state index is -0.846. The maximum atomic E-state index is 11.0. The van der Waals surface area contributed by atoms with Crippen LogP contribution in [0.15, 0.2) is 24.3 Å². The number of benzene rings is 1. The average Bonchev–Trinajstić information content (AvgIpc) is 2.29. The predicted molar refractivity (Wildman–Crippen MR) is 62.4 cm³/mol. The van der Waals surface area contributed by atoms with Gasteiger partial charge in [-0.25, -0.2) is 4.79 Å². The number of carbonyl (C=O) groups is 2. The van der Waals surface area contributed by atoms with E-state index in [0.29, 0.717) is 6.54 Å². The molecule has 92 valence electrons. The van der Waals surface area contributed by atoms with Crippen LogP contribution in [-0.4, -0.2) is 25.6 Å². The highest BCUT2D eigenvalue weighted by Gasteiger charge is 2.02. The standard InChI is InChI=1S/C11H15N3O3/c1-17-9-4-2-8(3-5-9)6-13-7-10(15)14-11(12)16/h2-5,13H,6-7H2,1H3,(H3,12,14,15,16). The zero-order valence-corrected chi connectivity index (χ0v) is 9.53. The normalized spacial score (nSPS) is 9.71. The Bertz CT molecular complexity index is 389. The van der Waals surface area contributed by atoms with Crippen LogP contribution in [0.4, 0.5) is 4.79 Å². The van der Waals surface area contributed by atoms with Crippen molar-refractivity contribution >= 4 is 11.9 Å². The molecule has 6 nitrogen and oxygen atoms in total.